The van der Waals surface area contributed by atoms with Gasteiger partial charge in [-0.05, 0) is 31.2 Å². The summed E-state index contributed by atoms with van der Waals surface area (Å²) in [6.45, 7) is 1.93. The summed E-state index contributed by atoms with van der Waals surface area (Å²) in [5.41, 5.74) is 1.38. The molecule has 0 spiro atoms. The van der Waals surface area contributed by atoms with Crippen LogP contribution in [0.15, 0.2) is 24.3 Å². The van der Waals surface area contributed by atoms with Crippen LogP contribution in [0.4, 0.5) is 0 Å². The van der Waals surface area contributed by atoms with Crippen molar-refractivity contribution in [3.05, 3.63) is 35.7 Å². The van der Waals surface area contributed by atoms with Gasteiger partial charge in [0.15, 0.2) is 5.69 Å². The van der Waals surface area contributed by atoms with Crippen molar-refractivity contribution in [2.45, 2.75) is 25.5 Å². The molecule has 0 aliphatic carbocycles. The average molecular weight is 360 g/mol. The minimum atomic E-state index is -1.06. The Morgan fingerprint density at radius 1 is 1.23 bits per heavy atom. The maximum atomic E-state index is 12.9. The van der Waals surface area contributed by atoms with Crippen LogP contribution < -0.4 is 4.74 Å². The first kappa shape index (κ1) is 17.9. The number of carbonyl (C=O) groups excluding carboxylic acids is 1. The van der Waals surface area contributed by atoms with Gasteiger partial charge >= 0.3 is 5.97 Å². The highest BCUT2D eigenvalue weighted by Gasteiger charge is 2.41. The highest BCUT2D eigenvalue weighted by molar-refractivity contribution is 5.96. The molecule has 1 fully saturated rings. The number of rotatable bonds is 5. The number of amides is 1. The van der Waals surface area contributed by atoms with Gasteiger partial charge in [-0.25, -0.2) is 9.48 Å². The van der Waals surface area contributed by atoms with Crippen molar-refractivity contribution in [2.75, 3.05) is 20.8 Å². The summed E-state index contributed by atoms with van der Waals surface area (Å²) in [5, 5.41) is 17.4. The van der Waals surface area contributed by atoms with Gasteiger partial charge in [0, 0.05) is 20.1 Å². The van der Waals surface area contributed by atoms with Gasteiger partial charge in [0.25, 0.3) is 5.91 Å². The zero-order valence-corrected chi connectivity index (χ0v) is 14.7. The van der Waals surface area contributed by atoms with Gasteiger partial charge in [0.1, 0.15) is 11.8 Å². The van der Waals surface area contributed by atoms with Crippen LogP contribution in [0.25, 0.3) is 5.69 Å². The Bertz CT molecular complexity index is 817. The van der Waals surface area contributed by atoms with Crippen LogP contribution in [-0.4, -0.2) is 69.8 Å². The Labute approximate surface area is 150 Å². The summed E-state index contributed by atoms with van der Waals surface area (Å²) in [4.78, 5) is 25.6. The number of hydrogen-bond donors (Lipinski definition) is 1. The summed E-state index contributed by atoms with van der Waals surface area (Å²) in [6, 6.07) is 6.22. The molecule has 0 bridgehead atoms. The van der Waals surface area contributed by atoms with Crippen molar-refractivity contribution in [2.24, 2.45) is 0 Å². The predicted octanol–water partition coefficient (Wildman–Crippen LogP) is 0.898. The van der Waals surface area contributed by atoms with Crippen molar-refractivity contribution in [3.63, 3.8) is 0 Å². The monoisotopic (exact) mass is 360 g/mol. The number of aliphatic carboxylic acids is 1. The van der Waals surface area contributed by atoms with E-state index in [2.05, 4.69) is 10.3 Å². The number of ether oxygens (including phenoxy) is 2. The molecule has 2 aromatic rings. The number of carboxylic acid groups (broad SMARTS) is 1. The molecule has 1 N–H and O–H groups in total. The van der Waals surface area contributed by atoms with Crippen molar-refractivity contribution < 1.29 is 24.2 Å². The normalized spacial score (nSPS) is 19.6. The molecule has 1 aliphatic rings. The predicted molar refractivity (Wildman–Crippen MR) is 90.5 cm³/mol. The molecule has 2 heterocycles. The highest BCUT2D eigenvalue weighted by atomic mass is 16.5. The summed E-state index contributed by atoms with van der Waals surface area (Å²) in [6.07, 6.45) is -0.0551. The third-order valence-electron chi connectivity index (χ3n) is 4.56. The first-order chi connectivity index (χ1) is 12.5. The Kier molecular flexibility index (Phi) is 4.90. The Morgan fingerprint density at radius 3 is 2.50 bits per heavy atom. The third-order valence-corrected chi connectivity index (χ3v) is 4.56. The Balaban J connectivity index is 1.88. The van der Waals surface area contributed by atoms with Crippen molar-refractivity contribution in [1.29, 1.82) is 0 Å². The molecular weight excluding hydrogens is 340 g/mol. The second-order valence-corrected chi connectivity index (χ2v) is 6.04. The van der Waals surface area contributed by atoms with E-state index in [1.165, 1.54) is 16.7 Å². The molecule has 3 rings (SSSR count). The second-order valence-electron chi connectivity index (χ2n) is 6.04. The van der Waals surface area contributed by atoms with Crippen LogP contribution in [0.2, 0.25) is 0 Å². The number of nitrogens with zero attached hydrogens (tertiary/aromatic N) is 4. The lowest BCUT2D eigenvalue weighted by molar-refractivity contribution is -0.141. The molecular formula is C17H20N4O5. The van der Waals surface area contributed by atoms with Gasteiger partial charge in [-0.3, -0.25) is 4.79 Å². The van der Waals surface area contributed by atoms with E-state index in [4.69, 9.17) is 9.47 Å². The van der Waals surface area contributed by atoms with Crippen LogP contribution in [0, 0.1) is 6.92 Å². The molecule has 1 aromatic heterocycles. The van der Waals surface area contributed by atoms with Crippen molar-refractivity contribution >= 4 is 11.9 Å². The molecule has 9 heteroatoms. The molecule has 1 aromatic carbocycles. The topological polar surface area (TPSA) is 107 Å². The van der Waals surface area contributed by atoms with E-state index in [1.807, 2.05) is 0 Å². The van der Waals surface area contributed by atoms with Gasteiger partial charge in [-0.1, -0.05) is 5.21 Å². The molecule has 1 saturated heterocycles. The first-order valence-electron chi connectivity index (χ1n) is 8.09. The molecule has 1 amide bonds. The van der Waals surface area contributed by atoms with E-state index < -0.39 is 17.9 Å². The lowest BCUT2D eigenvalue weighted by atomic mass is 10.2. The standard InChI is InChI=1S/C17H20N4O5/c1-10-15(16(22)20-9-13(26-3)8-14(20)17(23)24)18-19-21(10)11-4-6-12(25-2)7-5-11/h4-7,13-14H,8-9H2,1-3H3,(H,23,24). The van der Waals surface area contributed by atoms with E-state index in [9.17, 15) is 14.7 Å². The minimum absolute atomic E-state index is 0.129. The molecule has 0 saturated carbocycles. The Hall–Kier alpha value is -2.94. The van der Waals surface area contributed by atoms with Gasteiger partial charge in [0.05, 0.1) is 24.6 Å². The molecule has 0 radical (unpaired) electrons. The van der Waals surface area contributed by atoms with Crippen LogP contribution in [0.5, 0.6) is 5.75 Å². The maximum absolute atomic E-state index is 12.9. The lowest BCUT2D eigenvalue weighted by Gasteiger charge is -2.20. The van der Waals surface area contributed by atoms with E-state index in [0.29, 0.717) is 11.4 Å². The fourth-order valence-electron chi connectivity index (χ4n) is 3.06. The fraction of sp³-hybridized carbons (Fsp3) is 0.412. The van der Waals surface area contributed by atoms with E-state index >= 15 is 0 Å². The molecule has 9 nitrogen and oxygen atoms in total. The highest BCUT2D eigenvalue weighted by Crippen LogP contribution is 2.24. The molecule has 26 heavy (non-hydrogen) atoms. The first-order valence-corrected chi connectivity index (χ1v) is 8.09. The summed E-state index contributed by atoms with van der Waals surface area (Å²) in [7, 11) is 3.08. The number of benzene rings is 1. The second kappa shape index (κ2) is 7.12. The van der Waals surface area contributed by atoms with Crippen LogP contribution >= 0.6 is 0 Å². The quantitative estimate of drug-likeness (QED) is 0.844. The van der Waals surface area contributed by atoms with Crippen molar-refractivity contribution in [3.8, 4) is 11.4 Å². The molecule has 2 atom stereocenters. The molecule has 2 unspecified atom stereocenters. The van der Waals surface area contributed by atoms with E-state index in [0.717, 1.165) is 5.69 Å². The zero-order chi connectivity index (χ0) is 18.8. The average Bonchev–Trinajstić information content (AvgIpc) is 3.25. The summed E-state index contributed by atoms with van der Waals surface area (Å²) >= 11 is 0. The number of methoxy groups -OCH3 is 2. The van der Waals surface area contributed by atoms with Crippen LogP contribution in [0.3, 0.4) is 0 Å². The van der Waals surface area contributed by atoms with Crippen LogP contribution in [-0.2, 0) is 9.53 Å². The number of hydrogen-bond acceptors (Lipinski definition) is 6. The zero-order valence-electron chi connectivity index (χ0n) is 14.7. The van der Waals surface area contributed by atoms with Crippen LogP contribution in [0.1, 0.15) is 22.6 Å². The molecule has 1 aliphatic heterocycles. The summed E-state index contributed by atoms with van der Waals surface area (Å²) < 4.78 is 11.9. The lowest BCUT2D eigenvalue weighted by Crippen LogP contribution is -2.41. The van der Waals surface area contributed by atoms with Gasteiger partial charge in [-0.2, -0.15) is 0 Å². The minimum Gasteiger partial charge on any atom is -0.497 e. The van der Waals surface area contributed by atoms with Crippen molar-refractivity contribution in [1.82, 2.24) is 19.9 Å². The number of likely N-dealkylation sites (tertiary alicyclic amines) is 1. The molecule has 138 valence electrons. The largest absolute Gasteiger partial charge is 0.497 e. The Morgan fingerprint density at radius 2 is 1.92 bits per heavy atom. The van der Waals surface area contributed by atoms with E-state index in [1.54, 1.807) is 38.3 Å². The number of carbonyl (C=O) groups is 2. The number of carboxylic acids is 1. The van der Waals surface area contributed by atoms with Gasteiger partial charge in [-0.15, -0.1) is 5.10 Å². The van der Waals surface area contributed by atoms with Gasteiger partial charge in [0.2, 0.25) is 0 Å². The third kappa shape index (κ3) is 3.13. The smallest absolute Gasteiger partial charge is 0.326 e. The fourth-order valence-corrected chi connectivity index (χ4v) is 3.06. The maximum Gasteiger partial charge on any atom is 0.326 e. The van der Waals surface area contributed by atoms with E-state index in [-0.39, 0.29) is 24.8 Å². The SMILES string of the molecule is COc1ccc(-n2nnc(C(=O)N3CC(OC)CC3C(=O)O)c2C)cc1. The number of aromatic nitrogens is 3. The van der Waals surface area contributed by atoms with Gasteiger partial charge < -0.3 is 19.5 Å². The summed E-state index contributed by atoms with van der Waals surface area (Å²) in [5.74, 6) is -0.817.